The Balaban J connectivity index is 1.38. The van der Waals surface area contributed by atoms with E-state index < -0.39 is 0 Å². The molecule has 30 heavy (non-hydrogen) atoms. The number of para-hydroxylation sites is 2. The maximum absolute atomic E-state index is 6.02. The Kier molecular flexibility index (Phi) is 6.49. The minimum absolute atomic E-state index is 0.0733. The van der Waals surface area contributed by atoms with Gasteiger partial charge in [-0.25, -0.2) is 4.99 Å². The van der Waals surface area contributed by atoms with Gasteiger partial charge in [0.25, 0.3) is 0 Å². The predicted octanol–water partition coefficient (Wildman–Crippen LogP) is 2.83. The van der Waals surface area contributed by atoms with Crippen LogP contribution in [0.3, 0.4) is 0 Å². The average Bonchev–Trinajstić information content (AvgIpc) is 3.29. The maximum Gasteiger partial charge on any atom is 0.191 e. The number of aliphatic imine (C=N–C) groups is 1. The van der Waals surface area contributed by atoms with E-state index in [1.807, 2.05) is 53.3 Å². The number of hydrogen-bond acceptors (Lipinski definition) is 4. The standard InChI is InChI=1S/C23H27N5O2/c1-2-24-23(26-15-20-17-29-21-10-5-6-11-22(21)30-20)25-14-18-8-3-4-9-19(18)16-28-13-7-12-27-28/h3-13,20H,2,14-17H2,1H3,(H2,24,25,26). The largest absolute Gasteiger partial charge is 0.486 e. The maximum atomic E-state index is 6.02. The van der Waals surface area contributed by atoms with Crippen molar-refractivity contribution in [2.75, 3.05) is 19.7 Å². The molecule has 0 amide bonds. The van der Waals surface area contributed by atoms with E-state index >= 15 is 0 Å². The van der Waals surface area contributed by atoms with Crippen molar-refractivity contribution in [1.82, 2.24) is 20.4 Å². The van der Waals surface area contributed by atoms with Crippen LogP contribution in [0, 0.1) is 0 Å². The number of fused-ring (bicyclic) bond motifs is 1. The molecule has 0 saturated carbocycles. The Hall–Kier alpha value is -3.48. The molecule has 1 aliphatic heterocycles. The molecule has 2 heterocycles. The molecule has 1 aliphatic rings. The summed E-state index contributed by atoms with van der Waals surface area (Å²) >= 11 is 0. The first-order valence-electron chi connectivity index (χ1n) is 10.3. The molecular weight excluding hydrogens is 378 g/mol. The number of rotatable bonds is 7. The van der Waals surface area contributed by atoms with E-state index in [0.717, 1.165) is 30.5 Å². The number of benzene rings is 2. The molecular formula is C23H27N5O2. The number of guanidine groups is 1. The van der Waals surface area contributed by atoms with Gasteiger partial charge < -0.3 is 20.1 Å². The lowest BCUT2D eigenvalue weighted by Gasteiger charge is -2.27. The second-order valence-corrected chi connectivity index (χ2v) is 7.05. The first-order chi connectivity index (χ1) is 14.8. The van der Waals surface area contributed by atoms with Gasteiger partial charge >= 0.3 is 0 Å². The molecule has 1 aromatic heterocycles. The van der Waals surface area contributed by atoms with Crippen LogP contribution in [0.2, 0.25) is 0 Å². The van der Waals surface area contributed by atoms with E-state index in [2.05, 4.69) is 34.8 Å². The Bertz CT molecular complexity index is 971. The summed E-state index contributed by atoms with van der Waals surface area (Å²) in [5, 5.41) is 11.0. The molecule has 0 radical (unpaired) electrons. The second-order valence-electron chi connectivity index (χ2n) is 7.05. The third-order valence-electron chi connectivity index (χ3n) is 4.83. The van der Waals surface area contributed by atoms with E-state index in [1.54, 1.807) is 6.20 Å². The van der Waals surface area contributed by atoms with Crippen LogP contribution in [0.15, 0.2) is 72.0 Å². The summed E-state index contributed by atoms with van der Waals surface area (Å²) < 4.78 is 13.7. The fourth-order valence-electron chi connectivity index (χ4n) is 3.31. The highest BCUT2D eigenvalue weighted by Gasteiger charge is 2.20. The van der Waals surface area contributed by atoms with Crippen molar-refractivity contribution >= 4 is 5.96 Å². The molecule has 1 unspecified atom stereocenters. The average molecular weight is 406 g/mol. The Labute approximate surface area is 176 Å². The molecule has 0 fully saturated rings. The summed E-state index contributed by atoms with van der Waals surface area (Å²) in [7, 11) is 0. The first-order valence-corrected chi connectivity index (χ1v) is 10.3. The van der Waals surface area contributed by atoms with Crippen molar-refractivity contribution in [3.8, 4) is 11.5 Å². The zero-order valence-corrected chi connectivity index (χ0v) is 17.1. The van der Waals surface area contributed by atoms with Crippen LogP contribution in [0.5, 0.6) is 11.5 Å². The van der Waals surface area contributed by atoms with Crippen LogP contribution in [-0.2, 0) is 13.1 Å². The molecule has 7 heteroatoms. The second kappa shape index (κ2) is 9.82. The van der Waals surface area contributed by atoms with Gasteiger partial charge in [0.1, 0.15) is 12.7 Å². The van der Waals surface area contributed by atoms with E-state index in [0.29, 0.717) is 19.7 Å². The van der Waals surface area contributed by atoms with Gasteiger partial charge in [-0.2, -0.15) is 5.10 Å². The zero-order valence-electron chi connectivity index (χ0n) is 17.1. The van der Waals surface area contributed by atoms with Crippen molar-refractivity contribution in [2.24, 2.45) is 4.99 Å². The summed E-state index contributed by atoms with van der Waals surface area (Å²) in [4.78, 5) is 4.77. The van der Waals surface area contributed by atoms with Gasteiger partial charge in [-0.05, 0) is 36.2 Å². The van der Waals surface area contributed by atoms with Crippen LogP contribution in [-0.4, -0.2) is 41.5 Å². The highest BCUT2D eigenvalue weighted by molar-refractivity contribution is 5.79. The lowest BCUT2D eigenvalue weighted by molar-refractivity contribution is 0.0936. The predicted molar refractivity (Wildman–Crippen MR) is 117 cm³/mol. The number of hydrogen-bond donors (Lipinski definition) is 2. The van der Waals surface area contributed by atoms with Crippen LogP contribution < -0.4 is 20.1 Å². The molecule has 156 valence electrons. The van der Waals surface area contributed by atoms with E-state index in [1.165, 1.54) is 11.1 Å². The van der Waals surface area contributed by atoms with Crippen LogP contribution in [0.25, 0.3) is 0 Å². The molecule has 0 bridgehead atoms. The van der Waals surface area contributed by atoms with E-state index in [4.69, 9.17) is 14.5 Å². The fraction of sp³-hybridized carbons (Fsp3) is 0.304. The zero-order chi connectivity index (χ0) is 20.6. The quantitative estimate of drug-likeness (QED) is 0.467. The SMILES string of the molecule is CCNC(=NCc1ccccc1Cn1cccn1)NCC1COc2ccccc2O1. The van der Waals surface area contributed by atoms with Crippen LogP contribution in [0.1, 0.15) is 18.1 Å². The summed E-state index contributed by atoms with van der Waals surface area (Å²) in [6.07, 6.45) is 3.69. The van der Waals surface area contributed by atoms with Gasteiger partial charge in [0.05, 0.1) is 19.6 Å². The Morgan fingerprint density at radius 2 is 1.87 bits per heavy atom. The smallest absolute Gasteiger partial charge is 0.191 e. The summed E-state index contributed by atoms with van der Waals surface area (Å²) in [5.41, 5.74) is 2.39. The Morgan fingerprint density at radius 1 is 1.07 bits per heavy atom. The molecule has 2 aromatic carbocycles. The molecule has 0 aliphatic carbocycles. The van der Waals surface area contributed by atoms with Crippen LogP contribution >= 0.6 is 0 Å². The van der Waals surface area contributed by atoms with Gasteiger partial charge in [0.15, 0.2) is 17.5 Å². The fourth-order valence-corrected chi connectivity index (χ4v) is 3.31. The number of ether oxygens (including phenoxy) is 2. The first kappa shape index (κ1) is 19.8. The molecule has 4 rings (SSSR count). The Morgan fingerprint density at radius 3 is 2.67 bits per heavy atom. The number of aromatic nitrogens is 2. The summed E-state index contributed by atoms with van der Waals surface area (Å²) in [6.45, 7) is 5.27. The number of nitrogens with zero attached hydrogens (tertiary/aromatic N) is 3. The molecule has 2 N–H and O–H groups in total. The molecule has 7 nitrogen and oxygen atoms in total. The normalized spacial score (nSPS) is 15.6. The van der Waals surface area contributed by atoms with Gasteiger partial charge in [0.2, 0.25) is 0 Å². The van der Waals surface area contributed by atoms with E-state index in [9.17, 15) is 0 Å². The van der Waals surface area contributed by atoms with Crippen molar-refractivity contribution < 1.29 is 9.47 Å². The summed E-state index contributed by atoms with van der Waals surface area (Å²) in [6, 6.07) is 18.0. The third kappa shape index (κ3) is 5.11. The van der Waals surface area contributed by atoms with Crippen molar-refractivity contribution in [3.05, 3.63) is 78.1 Å². The molecule has 1 atom stereocenters. The van der Waals surface area contributed by atoms with Crippen LogP contribution in [0.4, 0.5) is 0 Å². The third-order valence-corrected chi connectivity index (χ3v) is 4.83. The summed E-state index contributed by atoms with van der Waals surface area (Å²) in [5.74, 6) is 2.34. The van der Waals surface area contributed by atoms with Gasteiger partial charge in [-0.3, -0.25) is 4.68 Å². The molecule has 0 saturated heterocycles. The van der Waals surface area contributed by atoms with Crippen molar-refractivity contribution in [3.63, 3.8) is 0 Å². The minimum atomic E-state index is -0.0733. The van der Waals surface area contributed by atoms with Gasteiger partial charge in [-0.15, -0.1) is 0 Å². The lowest BCUT2D eigenvalue weighted by atomic mass is 10.1. The minimum Gasteiger partial charge on any atom is -0.486 e. The van der Waals surface area contributed by atoms with E-state index in [-0.39, 0.29) is 6.10 Å². The number of nitrogens with one attached hydrogen (secondary N) is 2. The van der Waals surface area contributed by atoms with Crippen molar-refractivity contribution in [2.45, 2.75) is 26.1 Å². The lowest BCUT2D eigenvalue weighted by Crippen LogP contribution is -2.45. The monoisotopic (exact) mass is 405 g/mol. The molecule has 0 spiro atoms. The topological polar surface area (TPSA) is 72.7 Å². The van der Waals surface area contributed by atoms with Crippen molar-refractivity contribution in [1.29, 1.82) is 0 Å². The molecule has 3 aromatic rings. The highest BCUT2D eigenvalue weighted by Crippen LogP contribution is 2.30. The van der Waals surface area contributed by atoms with Gasteiger partial charge in [-0.1, -0.05) is 36.4 Å². The highest BCUT2D eigenvalue weighted by atomic mass is 16.6. The van der Waals surface area contributed by atoms with Gasteiger partial charge in [0, 0.05) is 18.9 Å².